The first-order chi connectivity index (χ1) is 14.8. The molecule has 1 atom stereocenters. The Hall–Kier alpha value is -3.38. The maximum absolute atomic E-state index is 12.9. The Kier molecular flexibility index (Phi) is 5.07. The van der Waals surface area contributed by atoms with Crippen molar-refractivity contribution in [1.82, 2.24) is 15.4 Å². The quantitative estimate of drug-likeness (QED) is 0.509. The fraction of sp³-hybridized carbons (Fsp3) is 0.250. The van der Waals surface area contributed by atoms with Crippen molar-refractivity contribution in [3.8, 4) is 11.3 Å². The third kappa shape index (κ3) is 3.62. The molecule has 0 spiro atoms. The van der Waals surface area contributed by atoms with Crippen LogP contribution in [0.25, 0.3) is 22.2 Å². The fourth-order valence-electron chi connectivity index (χ4n) is 4.12. The van der Waals surface area contributed by atoms with Crippen LogP contribution < -0.4 is 5.32 Å². The predicted molar refractivity (Wildman–Crippen MR) is 114 cm³/mol. The standard InChI is InChI=1S/C24H23N3O3/c28-24(25-16-21(22-9-6-14-29-22)27-12-4-5-13-27)18-10-11-20-19(15-18)23(30-26-20)17-7-2-1-3-8-17/h1-3,6-11,14-15,21H,4-5,12-13,16H2,(H,25,28). The number of benzene rings is 2. The lowest BCUT2D eigenvalue weighted by atomic mass is 10.1. The number of carbonyl (C=O) groups is 1. The Balaban J connectivity index is 1.36. The number of likely N-dealkylation sites (tertiary alicyclic amines) is 1. The number of carbonyl (C=O) groups excluding carboxylic acids is 1. The van der Waals surface area contributed by atoms with Gasteiger partial charge in [0.05, 0.1) is 17.7 Å². The van der Waals surface area contributed by atoms with Gasteiger partial charge in [-0.2, -0.15) is 0 Å². The first kappa shape index (κ1) is 18.6. The zero-order valence-corrected chi connectivity index (χ0v) is 16.6. The molecule has 0 radical (unpaired) electrons. The van der Waals surface area contributed by atoms with E-state index in [2.05, 4.69) is 15.4 Å². The molecule has 6 nitrogen and oxygen atoms in total. The van der Waals surface area contributed by atoms with E-state index < -0.39 is 0 Å². The Morgan fingerprint density at radius 1 is 1.07 bits per heavy atom. The van der Waals surface area contributed by atoms with Crippen molar-refractivity contribution in [3.63, 3.8) is 0 Å². The fourth-order valence-corrected chi connectivity index (χ4v) is 4.12. The summed E-state index contributed by atoms with van der Waals surface area (Å²) in [5.41, 5.74) is 2.25. The number of hydrogen-bond acceptors (Lipinski definition) is 5. The molecule has 30 heavy (non-hydrogen) atoms. The molecule has 0 saturated carbocycles. The van der Waals surface area contributed by atoms with Crippen LogP contribution in [0.5, 0.6) is 0 Å². The van der Waals surface area contributed by atoms with E-state index >= 15 is 0 Å². The highest BCUT2D eigenvalue weighted by Gasteiger charge is 2.26. The van der Waals surface area contributed by atoms with Crippen LogP contribution >= 0.6 is 0 Å². The normalized spacial score (nSPS) is 15.5. The van der Waals surface area contributed by atoms with Crippen LogP contribution in [-0.4, -0.2) is 35.6 Å². The monoisotopic (exact) mass is 401 g/mol. The third-order valence-electron chi connectivity index (χ3n) is 5.68. The number of furan rings is 1. The van der Waals surface area contributed by atoms with Crippen molar-refractivity contribution >= 4 is 16.8 Å². The van der Waals surface area contributed by atoms with Crippen LogP contribution in [0.15, 0.2) is 75.9 Å². The molecule has 1 aliphatic rings. The highest BCUT2D eigenvalue weighted by Crippen LogP contribution is 2.29. The molecule has 5 rings (SSSR count). The van der Waals surface area contributed by atoms with Gasteiger partial charge in [-0.05, 0) is 56.3 Å². The van der Waals surface area contributed by atoms with Crippen LogP contribution in [0.1, 0.15) is 35.0 Å². The zero-order valence-electron chi connectivity index (χ0n) is 16.6. The lowest BCUT2D eigenvalue weighted by molar-refractivity contribution is 0.0934. The molecule has 152 valence electrons. The molecule has 1 N–H and O–H groups in total. The smallest absolute Gasteiger partial charge is 0.251 e. The second-order valence-electron chi connectivity index (χ2n) is 7.59. The van der Waals surface area contributed by atoms with Gasteiger partial charge >= 0.3 is 0 Å². The predicted octanol–water partition coefficient (Wildman–Crippen LogP) is 4.65. The summed E-state index contributed by atoms with van der Waals surface area (Å²) in [6, 6.07) is 19.2. The van der Waals surface area contributed by atoms with Gasteiger partial charge < -0.3 is 14.3 Å². The third-order valence-corrected chi connectivity index (χ3v) is 5.68. The molecule has 1 aliphatic heterocycles. The van der Waals surface area contributed by atoms with Gasteiger partial charge in [0.25, 0.3) is 5.91 Å². The zero-order chi connectivity index (χ0) is 20.3. The highest BCUT2D eigenvalue weighted by molar-refractivity contribution is 6.01. The number of aromatic nitrogens is 1. The van der Waals surface area contributed by atoms with Crippen LogP contribution in [0, 0.1) is 0 Å². The van der Waals surface area contributed by atoms with Gasteiger partial charge in [-0.1, -0.05) is 35.5 Å². The number of nitrogens with zero attached hydrogens (tertiary/aromatic N) is 2. The highest BCUT2D eigenvalue weighted by atomic mass is 16.5. The van der Waals surface area contributed by atoms with E-state index in [-0.39, 0.29) is 11.9 Å². The van der Waals surface area contributed by atoms with Gasteiger partial charge in [0.15, 0.2) is 5.76 Å². The first-order valence-electron chi connectivity index (χ1n) is 10.3. The van der Waals surface area contributed by atoms with Crippen molar-refractivity contribution in [2.45, 2.75) is 18.9 Å². The van der Waals surface area contributed by atoms with Crippen molar-refractivity contribution in [2.75, 3.05) is 19.6 Å². The van der Waals surface area contributed by atoms with Crippen molar-refractivity contribution < 1.29 is 13.7 Å². The summed E-state index contributed by atoms with van der Waals surface area (Å²) in [5, 5.41) is 8.05. The van der Waals surface area contributed by atoms with E-state index in [0.29, 0.717) is 17.9 Å². The van der Waals surface area contributed by atoms with Gasteiger partial charge in [-0.15, -0.1) is 0 Å². The Bertz CT molecular complexity index is 1130. The number of hydrogen-bond donors (Lipinski definition) is 1. The Labute approximate surface area is 174 Å². The summed E-state index contributed by atoms with van der Waals surface area (Å²) in [6.07, 6.45) is 4.04. The molecule has 1 amide bonds. The molecule has 1 saturated heterocycles. The average Bonchev–Trinajstić information content (AvgIpc) is 3.56. The van der Waals surface area contributed by atoms with E-state index in [1.54, 1.807) is 12.3 Å². The van der Waals surface area contributed by atoms with Gasteiger partial charge in [0.2, 0.25) is 0 Å². The second kappa shape index (κ2) is 8.16. The number of fused-ring (bicyclic) bond motifs is 1. The summed E-state index contributed by atoms with van der Waals surface area (Å²) in [4.78, 5) is 15.3. The first-order valence-corrected chi connectivity index (χ1v) is 10.3. The van der Waals surface area contributed by atoms with Crippen molar-refractivity contribution in [2.24, 2.45) is 0 Å². The van der Waals surface area contributed by atoms with Gasteiger partial charge in [0.1, 0.15) is 11.3 Å². The largest absolute Gasteiger partial charge is 0.468 e. The summed E-state index contributed by atoms with van der Waals surface area (Å²) in [5.74, 6) is 1.44. The van der Waals surface area contributed by atoms with E-state index in [9.17, 15) is 4.79 Å². The van der Waals surface area contributed by atoms with Gasteiger partial charge in [-0.3, -0.25) is 9.69 Å². The van der Waals surface area contributed by atoms with Gasteiger partial charge in [-0.25, -0.2) is 0 Å². The minimum atomic E-state index is -0.118. The van der Waals surface area contributed by atoms with Crippen LogP contribution in [0.4, 0.5) is 0 Å². The molecule has 0 bridgehead atoms. The second-order valence-corrected chi connectivity index (χ2v) is 7.59. The van der Waals surface area contributed by atoms with E-state index in [1.165, 1.54) is 12.8 Å². The number of amides is 1. The molecule has 1 unspecified atom stereocenters. The molecule has 4 aromatic rings. The molecule has 6 heteroatoms. The molecule has 1 fully saturated rings. The summed E-state index contributed by atoms with van der Waals surface area (Å²) < 4.78 is 11.2. The van der Waals surface area contributed by atoms with E-state index in [1.807, 2.05) is 54.6 Å². The van der Waals surface area contributed by atoms with Crippen molar-refractivity contribution in [3.05, 3.63) is 78.3 Å². The molecular weight excluding hydrogens is 378 g/mol. The molecular formula is C24H23N3O3. The van der Waals surface area contributed by atoms with Crippen LogP contribution in [0.3, 0.4) is 0 Å². The molecule has 3 heterocycles. The minimum Gasteiger partial charge on any atom is -0.468 e. The van der Waals surface area contributed by atoms with Crippen molar-refractivity contribution in [1.29, 1.82) is 0 Å². The lowest BCUT2D eigenvalue weighted by Crippen LogP contribution is -2.36. The lowest BCUT2D eigenvalue weighted by Gasteiger charge is -2.26. The molecule has 0 aliphatic carbocycles. The number of nitrogens with one attached hydrogen (secondary N) is 1. The molecule has 2 aromatic heterocycles. The van der Waals surface area contributed by atoms with Crippen LogP contribution in [0.2, 0.25) is 0 Å². The topological polar surface area (TPSA) is 71.5 Å². The van der Waals surface area contributed by atoms with E-state index in [0.717, 1.165) is 35.3 Å². The summed E-state index contributed by atoms with van der Waals surface area (Å²) >= 11 is 0. The minimum absolute atomic E-state index is 0.0469. The maximum atomic E-state index is 12.9. The van der Waals surface area contributed by atoms with E-state index in [4.69, 9.17) is 8.94 Å². The maximum Gasteiger partial charge on any atom is 0.251 e. The number of rotatable bonds is 6. The summed E-state index contributed by atoms with van der Waals surface area (Å²) in [6.45, 7) is 2.54. The van der Waals surface area contributed by atoms with Crippen LogP contribution in [-0.2, 0) is 0 Å². The summed E-state index contributed by atoms with van der Waals surface area (Å²) in [7, 11) is 0. The van der Waals surface area contributed by atoms with Gasteiger partial charge in [0, 0.05) is 17.7 Å². The Morgan fingerprint density at radius 2 is 1.90 bits per heavy atom. The molecule has 2 aromatic carbocycles. The Morgan fingerprint density at radius 3 is 2.67 bits per heavy atom. The average molecular weight is 401 g/mol. The SMILES string of the molecule is O=C(NCC(c1ccco1)N1CCCC1)c1ccc2noc(-c3ccccc3)c2c1.